The van der Waals surface area contributed by atoms with Crippen molar-refractivity contribution >= 4 is 11.8 Å². The van der Waals surface area contributed by atoms with Crippen LogP contribution in [0.3, 0.4) is 0 Å². The Balaban J connectivity index is 1.89. The smallest absolute Gasteiger partial charge is 0.335 e. The molecular formula is C15H18O6. The first kappa shape index (κ1) is 13.4. The number of ether oxygens (including phenoxy) is 3. The Morgan fingerprint density at radius 2 is 2.05 bits per heavy atom. The van der Waals surface area contributed by atoms with Crippen LogP contribution in [0.4, 0.5) is 0 Å². The molecule has 7 atom stereocenters. The molecule has 1 saturated carbocycles. The number of esters is 1. The van der Waals surface area contributed by atoms with Crippen molar-refractivity contribution in [2.75, 3.05) is 6.61 Å². The summed E-state index contributed by atoms with van der Waals surface area (Å²) in [4.78, 5) is 24.3. The summed E-state index contributed by atoms with van der Waals surface area (Å²) in [5.41, 5.74) is -0.616. The van der Waals surface area contributed by atoms with E-state index in [0.29, 0.717) is 6.42 Å². The molecule has 6 heteroatoms. The van der Waals surface area contributed by atoms with Crippen molar-refractivity contribution in [2.45, 2.75) is 44.4 Å². The summed E-state index contributed by atoms with van der Waals surface area (Å²) in [7, 11) is 0. The summed E-state index contributed by atoms with van der Waals surface area (Å²) in [5.74, 6) is -2.30. The number of aliphatic hydroxyl groups is 1. The first-order valence-corrected chi connectivity index (χ1v) is 7.25. The van der Waals surface area contributed by atoms with Gasteiger partial charge in [0.2, 0.25) is 0 Å². The molecule has 0 aromatic rings. The standard InChI is InChI=1S/C15H18O6/c1-6-5-19-13(18)11-9(6)15-4-8(20-14(15,3)21-11)7(2)10(16)12(15)17/h6,8-9,11-12,17H,2,4-5H2,1,3H3. The van der Waals surface area contributed by atoms with Crippen molar-refractivity contribution in [3.8, 4) is 0 Å². The van der Waals surface area contributed by atoms with Crippen LogP contribution in [0.1, 0.15) is 20.3 Å². The molecule has 114 valence electrons. The SMILES string of the molecule is C=C1C(=O)C(O)C23CC1OC2(C)OC1C(=O)OCC(C)C13. The number of hydrogen-bond acceptors (Lipinski definition) is 6. The molecule has 4 aliphatic rings. The minimum Gasteiger partial charge on any atom is -0.463 e. The largest absolute Gasteiger partial charge is 0.463 e. The van der Waals surface area contributed by atoms with Crippen LogP contribution in [-0.2, 0) is 23.8 Å². The average Bonchev–Trinajstić information content (AvgIpc) is 2.84. The summed E-state index contributed by atoms with van der Waals surface area (Å²) in [6.07, 6.45) is -2.03. The molecule has 21 heavy (non-hydrogen) atoms. The van der Waals surface area contributed by atoms with E-state index in [0.717, 1.165) is 0 Å². The van der Waals surface area contributed by atoms with Crippen LogP contribution < -0.4 is 0 Å². The van der Waals surface area contributed by atoms with Gasteiger partial charge in [-0.2, -0.15) is 0 Å². The fraction of sp³-hybridized carbons (Fsp3) is 0.733. The van der Waals surface area contributed by atoms with Crippen molar-refractivity contribution in [3.63, 3.8) is 0 Å². The molecular weight excluding hydrogens is 276 g/mol. The van der Waals surface area contributed by atoms with Gasteiger partial charge in [0.05, 0.1) is 18.1 Å². The van der Waals surface area contributed by atoms with Crippen molar-refractivity contribution in [3.05, 3.63) is 12.2 Å². The summed E-state index contributed by atoms with van der Waals surface area (Å²) in [6, 6.07) is 0. The first-order valence-electron chi connectivity index (χ1n) is 7.25. The highest BCUT2D eigenvalue weighted by molar-refractivity contribution is 6.01. The molecule has 7 unspecified atom stereocenters. The van der Waals surface area contributed by atoms with Crippen molar-refractivity contribution in [2.24, 2.45) is 17.3 Å². The predicted octanol–water partition coefficient (Wildman–Crippen LogP) is 0.186. The second-order valence-corrected chi connectivity index (χ2v) is 6.76. The molecule has 4 fully saturated rings. The zero-order chi connectivity index (χ0) is 15.2. The number of cyclic esters (lactones) is 1. The zero-order valence-corrected chi connectivity index (χ0v) is 12.0. The Kier molecular flexibility index (Phi) is 2.39. The van der Waals surface area contributed by atoms with Crippen LogP contribution >= 0.6 is 0 Å². The highest BCUT2D eigenvalue weighted by Gasteiger charge is 2.78. The minimum atomic E-state index is -1.25. The summed E-state index contributed by atoms with van der Waals surface area (Å²) < 4.78 is 16.9. The predicted molar refractivity (Wildman–Crippen MR) is 69.0 cm³/mol. The van der Waals surface area contributed by atoms with Crippen molar-refractivity contribution in [1.82, 2.24) is 0 Å². The van der Waals surface area contributed by atoms with E-state index in [4.69, 9.17) is 14.2 Å². The van der Waals surface area contributed by atoms with Gasteiger partial charge in [-0.15, -0.1) is 0 Å². The molecule has 4 rings (SSSR count). The van der Waals surface area contributed by atoms with E-state index in [9.17, 15) is 14.7 Å². The van der Waals surface area contributed by atoms with E-state index in [1.54, 1.807) is 6.92 Å². The number of carbonyl (C=O) groups is 2. The third kappa shape index (κ3) is 1.30. The average molecular weight is 294 g/mol. The lowest BCUT2D eigenvalue weighted by molar-refractivity contribution is -0.238. The number of rotatable bonds is 0. The number of fused-ring (bicyclic) bond motifs is 2. The summed E-state index contributed by atoms with van der Waals surface area (Å²) in [6.45, 7) is 7.66. The van der Waals surface area contributed by atoms with E-state index in [1.165, 1.54) is 0 Å². The van der Waals surface area contributed by atoms with Gasteiger partial charge in [0.1, 0.15) is 6.10 Å². The maximum absolute atomic E-state index is 12.3. The maximum Gasteiger partial charge on any atom is 0.335 e. The van der Waals surface area contributed by atoms with E-state index in [-0.39, 0.29) is 24.0 Å². The van der Waals surface area contributed by atoms with Crippen LogP contribution in [0.25, 0.3) is 0 Å². The molecule has 1 aliphatic carbocycles. The van der Waals surface area contributed by atoms with Gasteiger partial charge in [0.15, 0.2) is 17.7 Å². The zero-order valence-electron chi connectivity index (χ0n) is 12.0. The maximum atomic E-state index is 12.3. The Morgan fingerprint density at radius 3 is 2.76 bits per heavy atom. The number of aliphatic hydroxyl groups excluding tert-OH is 1. The van der Waals surface area contributed by atoms with Crippen LogP contribution in [0.5, 0.6) is 0 Å². The molecule has 3 saturated heterocycles. The topological polar surface area (TPSA) is 82.1 Å². The highest BCUT2D eigenvalue weighted by atomic mass is 16.7. The molecule has 0 aromatic heterocycles. The molecule has 0 radical (unpaired) electrons. The van der Waals surface area contributed by atoms with Gasteiger partial charge in [-0.05, 0) is 19.3 Å². The van der Waals surface area contributed by atoms with E-state index < -0.39 is 41.3 Å². The fourth-order valence-corrected chi connectivity index (χ4v) is 4.78. The van der Waals surface area contributed by atoms with Gasteiger partial charge in [0.25, 0.3) is 0 Å². The van der Waals surface area contributed by atoms with Gasteiger partial charge in [0, 0.05) is 11.5 Å². The number of Topliss-reactive ketones (excluding diaryl/α,β-unsaturated/α-hetero) is 1. The van der Waals surface area contributed by atoms with Crippen LogP contribution in [0, 0.1) is 17.3 Å². The van der Waals surface area contributed by atoms with E-state index in [2.05, 4.69) is 6.58 Å². The number of ketones is 1. The van der Waals surface area contributed by atoms with E-state index >= 15 is 0 Å². The summed E-state index contributed by atoms with van der Waals surface area (Å²) in [5, 5.41) is 10.7. The highest BCUT2D eigenvalue weighted by Crippen LogP contribution is 2.66. The number of hydrogen-bond donors (Lipinski definition) is 1. The fourth-order valence-electron chi connectivity index (χ4n) is 4.78. The third-order valence-electron chi connectivity index (χ3n) is 5.78. The third-order valence-corrected chi connectivity index (χ3v) is 5.78. The lowest BCUT2D eigenvalue weighted by Crippen LogP contribution is -2.58. The number of carbonyl (C=O) groups excluding carboxylic acids is 2. The van der Waals surface area contributed by atoms with Crippen LogP contribution in [0.15, 0.2) is 12.2 Å². The van der Waals surface area contributed by atoms with Gasteiger partial charge in [-0.3, -0.25) is 4.79 Å². The second kappa shape index (κ2) is 3.74. The van der Waals surface area contributed by atoms with Gasteiger partial charge < -0.3 is 19.3 Å². The Bertz CT molecular complexity index is 571. The molecule has 2 bridgehead atoms. The minimum absolute atomic E-state index is 0.00862. The molecule has 1 N–H and O–H groups in total. The van der Waals surface area contributed by atoms with Gasteiger partial charge in [-0.1, -0.05) is 13.5 Å². The lowest BCUT2D eigenvalue weighted by atomic mass is 9.57. The first-order chi connectivity index (χ1) is 9.82. The normalized spacial score (nSPS) is 55.2. The molecule has 0 amide bonds. The van der Waals surface area contributed by atoms with Crippen molar-refractivity contribution < 1.29 is 28.9 Å². The molecule has 0 aromatic carbocycles. The van der Waals surface area contributed by atoms with Crippen LogP contribution in [-0.4, -0.2) is 47.6 Å². The van der Waals surface area contributed by atoms with Gasteiger partial charge >= 0.3 is 5.97 Å². The molecule has 6 nitrogen and oxygen atoms in total. The summed E-state index contributed by atoms with van der Waals surface area (Å²) >= 11 is 0. The quantitative estimate of drug-likeness (QED) is 0.507. The van der Waals surface area contributed by atoms with Crippen molar-refractivity contribution in [1.29, 1.82) is 0 Å². The van der Waals surface area contributed by atoms with E-state index in [1.807, 2.05) is 6.92 Å². The molecule has 3 aliphatic heterocycles. The van der Waals surface area contributed by atoms with Gasteiger partial charge in [-0.25, -0.2) is 4.79 Å². The Morgan fingerprint density at radius 1 is 1.33 bits per heavy atom. The Labute approximate surface area is 122 Å². The molecule has 1 spiro atoms. The Hall–Kier alpha value is -1.24. The lowest BCUT2D eigenvalue weighted by Gasteiger charge is -2.45. The molecule has 3 heterocycles. The second-order valence-electron chi connectivity index (χ2n) is 6.76. The van der Waals surface area contributed by atoms with Crippen LogP contribution in [0.2, 0.25) is 0 Å². The monoisotopic (exact) mass is 294 g/mol.